The summed E-state index contributed by atoms with van der Waals surface area (Å²) in [6.07, 6.45) is 1.18. The third-order valence-corrected chi connectivity index (χ3v) is 4.41. The number of pyridine rings is 1. The highest BCUT2D eigenvalue weighted by molar-refractivity contribution is 7.89. The Kier molecular flexibility index (Phi) is 5.71. The number of sulfonamides is 1. The lowest BCUT2D eigenvalue weighted by Crippen LogP contribution is -2.29. The molecule has 0 bridgehead atoms. The minimum Gasteiger partial charge on any atom is -0.466 e. The van der Waals surface area contributed by atoms with Gasteiger partial charge in [-0.3, -0.25) is 4.79 Å². The van der Waals surface area contributed by atoms with Crippen molar-refractivity contribution in [3.63, 3.8) is 0 Å². The number of aromatic nitrogens is 1. The monoisotopic (exact) mass is 306 g/mol. The smallest absolute Gasteiger partial charge is 0.307 e. The summed E-state index contributed by atoms with van der Waals surface area (Å²) < 4.78 is 30.0. The van der Waals surface area contributed by atoms with Crippen LogP contribution in [0, 0.1) is 0 Å². The number of hydrogen-bond acceptors (Lipinski definition) is 5. The number of carbonyl (C=O) groups excluding carboxylic acids is 1. The number of carbonyl (C=O) groups is 1. The van der Waals surface area contributed by atoms with Gasteiger partial charge in [-0.1, -0.05) is 11.6 Å². The van der Waals surface area contributed by atoms with Crippen molar-refractivity contribution in [2.75, 3.05) is 20.2 Å². The Morgan fingerprint density at radius 1 is 1.47 bits per heavy atom. The first kappa shape index (κ1) is 15.9. The summed E-state index contributed by atoms with van der Waals surface area (Å²) >= 11 is 5.60. The zero-order valence-corrected chi connectivity index (χ0v) is 12.2. The molecule has 0 amide bonds. The second-order valence-electron chi connectivity index (χ2n) is 3.70. The quantitative estimate of drug-likeness (QED) is 0.585. The van der Waals surface area contributed by atoms with Gasteiger partial charge in [-0.25, -0.2) is 17.7 Å². The van der Waals surface area contributed by atoms with Crippen molar-refractivity contribution in [1.29, 1.82) is 0 Å². The molecule has 0 aliphatic heterocycles. The predicted molar refractivity (Wildman–Crippen MR) is 70.3 cm³/mol. The molecule has 0 unspecified atom stereocenters. The summed E-state index contributed by atoms with van der Waals surface area (Å²) in [6, 6.07) is 2.76. The van der Waals surface area contributed by atoms with E-state index in [-0.39, 0.29) is 29.6 Å². The van der Waals surface area contributed by atoms with Gasteiger partial charge in [0.1, 0.15) is 10.0 Å². The molecule has 0 saturated carbocycles. The molecule has 0 atom stereocenters. The number of hydrogen-bond donors (Lipinski definition) is 0. The molecule has 8 heteroatoms. The van der Waals surface area contributed by atoms with Gasteiger partial charge in [-0.2, -0.15) is 0 Å². The minimum absolute atomic E-state index is 0.00455. The van der Waals surface area contributed by atoms with Gasteiger partial charge in [0.25, 0.3) is 0 Å². The van der Waals surface area contributed by atoms with Gasteiger partial charge < -0.3 is 4.74 Å². The SMILES string of the molecule is CCOC(=O)CCN(C)S(=O)(=O)c1ccc(Cl)nc1. The van der Waals surface area contributed by atoms with Crippen molar-refractivity contribution >= 4 is 27.6 Å². The van der Waals surface area contributed by atoms with Gasteiger partial charge in [0.05, 0.1) is 13.0 Å². The Balaban J connectivity index is 2.72. The van der Waals surface area contributed by atoms with Crippen LogP contribution in [0.5, 0.6) is 0 Å². The van der Waals surface area contributed by atoms with Crippen LogP contribution in [0.4, 0.5) is 0 Å². The van der Waals surface area contributed by atoms with E-state index in [0.717, 1.165) is 4.31 Å². The topological polar surface area (TPSA) is 76.6 Å². The molecule has 0 aliphatic rings. The Hall–Kier alpha value is -1.18. The molecule has 0 spiro atoms. The molecule has 6 nitrogen and oxygen atoms in total. The number of esters is 1. The molecule has 0 aliphatic carbocycles. The van der Waals surface area contributed by atoms with E-state index in [4.69, 9.17) is 16.3 Å². The fourth-order valence-corrected chi connectivity index (χ4v) is 2.53. The fraction of sp³-hybridized carbons (Fsp3) is 0.455. The third-order valence-electron chi connectivity index (χ3n) is 2.34. The summed E-state index contributed by atoms with van der Waals surface area (Å²) in [5, 5.41) is 0.216. The summed E-state index contributed by atoms with van der Waals surface area (Å²) in [4.78, 5) is 14.9. The average molecular weight is 307 g/mol. The van der Waals surface area contributed by atoms with E-state index in [2.05, 4.69) is 4.98 Å². The molecule has 106 valence electrons. The molecule has 1 aromatic heterocycles. The van der Waals surface area contributed by atoms with Crippen LogP contribution in [0.3, 0.4) is 0 Å². The van der Waals surface area contributed by atoms with Gasteiger partial charge in [0, 0.05) is 19.8 Å². The van der Waals surface area contributed by atoms with Gasteiger partial charge >= 0.3 is 5.97 Å². The van der Waals surface area contributed by atoms with Crippen molar-refractivity contribution in [1.82, 2.24) is 9.29 Å². The highest BCUT2D eigenvalue weighted by atomic mass is 35.5. The molecular weight excluding hydrogens is 292 g/mol. The summed E-state index contributed by atoms with van der Waals surface area (Å²) in [7, 11) is -2.27. The predicted octanol–water partition coefficient (Wildman–Crippen LogP) is 1.31. The maximum absolute atomic E-state index is 12.1. The first-order chi connectivity index (χ1) is 8.87. The van der Waals surface area contributed by atoms with Crippen LogP contribution < -0.4 is 0 Å². The Morgan fingerprint density at radius 2 is 2.16 bits per heavy atom. The largest absolute Gasteiger partial charge is 0.466 e. The first-order valence-corrected chi connectivity index (χ1v) is 7.43. The lowest BCUT2D eigenvalue weighted by Gasteiger charge is -2.16. The maximum Gasteiger partial charge on any atom is 0.307 e. The van der Waals surface area contributed by atoms with Crippen molar-refractivity contribution in [2.24, 2.45) is 0 Å². The molecular formula is C11H15ClN2O4S. The lowest BCUT2D eigenvalue weighted by molar-refractivity contribution is -0.143. The highest BCUT2D eigenvalue weighted by Crippen LogP contribution is 2.15. The molecule has 0 N–H and O–H groups in total. The van der Waals surface area contributed by atoms with E-state index in [1.54, 1.807) is 6.92 Å². The third kappa shape index (κ3) is 4.45. The molecule has 0 radical (unpaired) electrons. The molecule has 1 aromatic rings. The van der Waals surface area contributed by atoms with E-state index in [1.807, 2.05) is 0 Å². The number of nitrogens with zero attached hydrogens (tertiary/aromatic N) is 2. The van der Waals surface area contributed by atoms with Crippen molar-refractivity contribution < 1.29 is 17.9 Å². The molecule has 0 saturated heterocycles. The second kappa shape index (κ2) is 6.83. The van der Waals surface area contributed by atoms with Gasteiger partial charge in [-0.15, -0.1) is 0 Å². The van der Waals surface area contributed by atoms with Crippen molar-refractivity contribution in [2.45, 2.75) is 18.2 Å². The van der Waals surface area contributed by atoms with Crippen LogP contribution in [0.25, 0.3) is 0 Å². The van der Waals surface area contributed by atoms with Crippen LogP contribution in [0.15, 0.2) is 23.2 Å². The Bertz CT molecular complexity index is 530. The van der Waals surface area contributed by atoms with E-state index >= 15 is 0 Å². The molecule has 1 heterocycles. The number of halogens is 1. The minimum atomic E-state index is -3.66. The zero-order chi connectivity index (χ0) is 14.5. The number of rotatable bonds is 6. The fourth-order valence-electron chi connectivity index (χ4n) is 1.30. The standard InChI is InChI=1S/C11H15ClN2O4S/c1-3-18-11(15)6-7-14(2)19(16,17)9-4-5-10(12)13-8-9/h4-5,8H,3,6-7H2,1-2H3. The van der Waals surface area contributed by atoms with E-state index in [0.29, 0.717) is 0 Å². The van der Waals surface area contributed by atoms with E-state index in [9.17, 15) is 13.2 Å². The number of ether oxygens (including phenoxy) is 1. The van der Waals surface area contributed by atoms with Crippen molar-refractivity contribution in [3.8, 4) is 0 Å². The molecule has 1 rings (SSSR count). The first-order valence-electron chi connectivity index (χ1n) is 5.61. The summed E-state index contributed by atoms with van der Waals surface area (Å²) in [5.41, 5.74) is 0. The highest BCUT2D eigenvalue weighted by Gasteiger charge is 2.21. The maximum atomic E-state index is 12.1. The molecule has 19 heavy (non-hydrogen) atoms. The van der Waals surface area contributed by atoms with Gasteiger partial charge in [0.15, 0.2) is 0 Å². The van der Waals surface area contributed by atoms with Crippen LogP contribution in [0.1, 0.15) is 13.3 Å². The summed E-state index contributed by atoms with van der Waals surface area (Å²) in [6.45, 7) is 2.01. The van der Waals surface area contributed by atoms with Crippen LogP contribution in [-0.4, -0.2) is 43.9 Å². The summed E-state index contributed by atoms with van der Waals surface area (Å²) in [5.74, 6) is -0.432. The molecule has 0 aromatic carbocycles. The second-order valence-corrected chi connectivity index (χ2v) is 6.13. The van der Waals surface area contributed by atoms with Crippen LogP contribution in [0.2, 0.25) is 5.15 Å². The normalized spacial score (nSPS) is 11.6. The van der Waals surface area contributed by atoms with E-state index in [1.165, 1.54) is 25.4 Å². The zero-order valence-electron chi connectivity index (χ0n) is 10.7. The Morgan fingerprint density at radius 3 is 2.68 bits per heavy atom. The van der Waals surface area contributed by atoms with Crippen LogP contribution >= 0.6 is 11.6 Å². The molecule has 0 fully saturated rings. The van der Waals surface area contributed by atoms with Gasteiger partial charge in [-0.05, 0) is 19.1 Å². The Labute approximate surface area is 117 Å². The van der Waals surface area contributed by atoms with E-state index < -0.39 is 16.0 Å². The average Bonchev–Trinajstić information content (AvgIpc) is 2.36. The van der Waals surface area contributed by atoms with Crippen LogP contribution in [-0.2, 0) is 19.6 Å². The van der Waals surface area contributed by atoms with Gasteiger partial charge in [0.2, 0.25) is 10.0 Å². The van der Waals surface area contributed by atoms with Crippen molar-refractivity contribution in [3.05, 3.63) is 23.5 Å². The lowest BCUT2D eigenvalue weighted by atomic mass is 10.4.